The van der Waals surface area contributed by atoms with Crippen molar-refractivity contribution < 1.29 is 14.3 Å². The first-order valence-electron chi connectivity index (χ1n) is 11.1. The summed E-state index contributed by atoms with van der Waals surface area (Å²) in [7, 11) is 0. The number of nitrogens with one attached hydrogen (secondary N) is 2. The number of guanidine groups is 1. The molecule has 0 radical (unpaired) electrons. The van der Waals surface area contributed by atoms with Crippen LogP contribution >= 0.6 is 24.0 Å². The van der Waals surface area contributed by atoms with E-state index >= 15 is 0 Å². The van der Waals surface area contributed by atoms with E-state index in [1.54, 1.807) is 19.1 Å². The molecule has 8 heteroatoms. The quantitative estimate of drug-likeness (QED) is 0.265. The summed E-state index contributed by atoms with van der Waals surface area (Å²) >= 11 is 0. The minimum absolute atomic E-state index is 0. The Hall–Kier alpha value is -2.07. The predicted molar refractivity (Wildman–Crippen MR) is 137 cm³/mol. The summed E-state index contributed by atoms with van der Waals surface area (Å²) in [5, 5.41) is 16.8. The molecular formula is C24H35IN4O3. The van der Waals surface area contributed by atoms with E-state index in [4.69, 9.17) is 4.42 Å². The number of aliphatic hydroxyl groups is 1. The number of rotatable bonds is 8. The maximum absolute atomic E-state index is 12.7. The van der Waals surface area contributed by atoms with Crippen LogP contribution in [0, 0.1) is 5.92 Å². The molecule has 3 rings (SSSR count). The normalized spacial score (nSPS) is 16.7. The van der Waals surface area contributed by atoms with Crippen molar-refractivity contribution in [1.82, 2.24) is 15.5 Å². The molecule has 7 nitrogen and oxygen atoms in total. The van der Waals surface area contributed by atoms with Crippen LogP contribution in [0.1, 0.15) is 38.0 Å². The second kappa shape index (κ2) is 12.8. The first kappa shape index (κ1) is 26.2. The number of piperidine rings is 1. The molecule has 1 fully saturated rings. The van der Waals surface area contributed by atoms with Crippen LogP contribution in [0.4, 0.5) is 0 Å². The van der Waals surface area contributed by atoms with Gasteiger partial charge < -0.3 is 25.1 Å². The lowest BCUT2D eigenvalue weighted by molar-refractivity contribution is -0.130. The molecule has 1 amide bonds. The first-order valence-corrected chi connectivity index (χ1v) is 11.1. The van der Waals surface area contributed by atoms with Gasteiger partial charge in [-0.05, 0) is 56.7 Å². The van der Waals surface area contributed by atoms with E-state index in [-0.39, 0.29) is 43.0 Å². The maximum atomic E-state index is 12.7. The second-order valence-electron chi connectivity index (χ2n) is 8.31. The van der Waals surface area contributed by atoms with Crippen LogP contribution in [0.15, 0.2) is 58.1 Å². The third-order valence-corrected chi connectivity index (χ3v) is 5.70. The number of carbonyl (C=O) groups excluding carboxylic acids is 1. The van der Waals surface area contributed by atoms with Gasteiger partial charge >= 0.3 is 0 Å². The number of nitrogens with zero attached hydrogens (tertiary/aromatic N) is 2. The van der Waals surface area contributed by atoms with Gasteiger partial charge in [0.1, 0.15) is 17.9 Å². The SMILES string of the molecule is CCNC(=NCC(=O)N1CCC(Cc2ccccc2)CC1)NCC(C)(O)c1ccco1.I. The number of hydrogen-bond donors (Lipinski definition) is 3. The lowest BCUT2D eigenvalue weighted by Gasteiger charge is -2.32. The highest BCUT2D eigenvalue weighted by atomic mass is 127. The van der Waals surface area contributed by atoms with Crippen LogP contribution in [0.2, 0.25) is 0 Å². The van der Waals surface area contributed by atoms with E-state index in [2.05, 4.69) is 39.9 Å². The van der Waals surface area contributed by atoms with Gasteiger partial charge in [-0.1, -0.05) is 30.3 Å². The van der Waals surface area contributed by atoms with Gasteiger partial charge in [-0.15, -0.1) is 24.0 Å². The summed E-state index contributed by atoms with van der Waals surface area (Å²) in [5.74, 6) is 1.64. The van der Waals surface area contributed by atoms with Gasteiger partial charge in [0.2, 0.25) is 5.91 Å². The van der Waals surface area contributed by atoms with Crippen molar-refractivity contribution in [3.8, 4) is 0 Å². The predicted octanol–water partition coefficient (Wildman–Crippen LogP) is 3.14. The number of amides is 1. The van der Waals surface area contributed by atoms with Crippen LogP contribution in [0.3, 0.4) is 0 Å². The highest BCUT2D eigenvalue weighted by Crippen LogP contribution is 2.22. The van der Waals surface area contributed by atoms with Gasteiger partial charge in [-0.3, -0.25) is 4.79 Å². The number of hydrogen-bond acceptors (Lipinski definition) is 4. The first-order chi connectivity index (χ1) is 15.0. The Morgan fingerprint density at radius 3 is 2.53 bits per heavy atom. The summed E-state index contributed by atoms with van der Waals surface area (Å²) < 4.78 is 5.30. The summed E-state index contributed by atoms with van der Waals surface area (Å²) in [5.41, 5.74) is 0.188. The highest BCUT2D eigenvalue weighted by molar-refractivity contribution is 14.0. The van der Waals surface area contributed by atoms with Gasteiger partial charge in [0.25, 0.3) is 0 Å². The Bertz CT molecular complexity index is 832. The zero-order valence-electron chi connectivity index (χ0n) is 18.9. The van der Waals surface area contributed by atoms with E-state index in [0.717, 1.165) is 32.4 Å². The van der Waals surface area contributed by atoms with Crippen molar-refractivity contribution in [2.75, 3.05) is 32.7 Å². The lowest BCUT2D eigenvalue weighted by atomic mass is 9.90. The Balaban J connectivity index is 0.00000363. The van der Waals surface area contributed by atoms with E-state index in [9.17, 15) is 9.90 Å². The van der Waals surface area contributed by atoms with Gasteiger partial charge in [0, 0.05) is 19.6 Å². The largest absolute Gasteiger partial charge is 0.466 e. The molecule has 32 heavy (non-hydrogen) atoms. The fourth-order valence-corrected chi connectivity index (χ4v) is 3.85. The van der Waals surface area contributed by atoms with Crippen molar-refractivity contribution in [2.45, 2.75) is 38.7 Å². The molecule has 3 N–H and O–H groups in total. The number of carbonyl (C=O) groups is 1. The molecule has 1 unspecified atom stereocenters. The zero-order valence-corrected chi connectivity index (χ0v) is 21.2. The van der Waals surface area contributed by atoms with Crippen LogP contribution < -0.4 is 10.6 Å². The van der Waals surface area contributed by atoms with Crippen LogP contribution in [0.5, 0.6) is 0 Å². The minimum atomic E-state index is -1.18. The van der Waals surface area contributed by atoms with Crippen molar-refractivity contribution in [1.29, 1.82) is 0 Å². The van der Waals surface area contributed by atoms with E-state index in [1.165, 1.54) is 11.8 Å². The third kappa shape index (κ3) is 7.81. The summed E-state index contributed by atoms with van der Waals surface area (Å²) in [6.45, 7) is 6.15. The van der Waals surface area contributed by atoms with Crippen molar-refractivity contribution in [3.63, 3.8) is 0 Å². The van der Waals surface area contributed by atoms with Crippen molar-refractivity contribution in [3.05, 3.63) is 60.1 Å². The number of benzene rings is 1. The maximum Gasteiger partial charge on any atom is 0.244 e. The number of aliphatic imine (C=N–C) groups is 1. The fourth-order valence-electron chi connectivity index (χ4n) is 3.85. The number of halogens is 1. The number of furan rings is 1. The summed E-state index contributed by atoms with van der Waals surface area (Å²) in [6.07, 6.45) is 4.65. The molecule has 1 atom stereocenters. The second-order valence-corrected chi connectivity index (χ2v) is 8.31. The molecule has 176 valence electrons. The van der Waals surface area contributed by atoms with E-state index in [1.807, 2.05) is 17.9 Å². The highest BCUT2D eigenvalue weighted by Gasteiger charge is 2.27. The molecule has 1 aromatic carbocycles. The van der Waals surface area contributed by atoms with Gasteiger partial charge in [0.15, 0.2) is 5.96 Å². The summed E-state index contributed by atoms with van der Waals surface area (Å²) in [6, 6.07) is 14.0. The molecule has 1 aromatic heterocycles. The monoisotopic (exact) mass is 554 g/mol. The molecule has 0 saturated carbocycles. The van der Waals surface area contributed by atoms with E-state index in [0.29, 0.717) is 24.2 Å². The molecule has 1 saturated heterocycles. The van der Waals surface area contributed by atoms with Crippen molar-refractivity contribution in [2.24, 2.45) is 10.9 Å². The smallest absolute Gasteiger partial charge is 0.244 e. The topological polar surface area (TPSA) is 90.1 Å². The number of likely N-dealkylation sites (tertiary alicyclic amines) is 1. The minimum Gasteiger partial charge on any atom is -0.466 e. The molecule has 0 aliphatic carbocycles. The Kier molecular flexibility index (Phi) is 10.5. The Morgan fingerprint density at radius 2 is 1.91 bits per heavy atom. The molecule has 2 heterocycles. The third-order valence-electron chi connectivity index (χ3n) is 5.70. The van der Waals surface area contributed by atoms with Crippen molar-refractivity contribution >= 4 is 35.8 Å². The average Bonchev–Trinajstić information content (AvgIpc) is 3.33. The Morgan fingerprint density at radius 1 is 1.19 bits per heavy atom. The molecule has 1 aliphatic heterocycles. The summed E-state index contributed by atoms with van der Waals surface area (Å²) in [4.78, 5) is 19.0. The standard InChI is InChI=1S/C24H34N4O3.HI/c1-3-25-23(27-18-24(2,30)21-10-7-15-31-21)26-17-22(29)28-13-11-20(12-14-28)16-19-8-5-4-6-9-19;/h4-10,15,20,30H,3,11-14,16-18H2,1-2H3,(H2,25,26,27);1H. The molecular weight excluding hydrogens is 519 g/mol. The Labute approximate surface area is 207 Å². The van der Waals surface area contributed by atoms with Gasteiger partial charge in [-0.25, -0.2) is 4.99 Å². The van der Waals surface area contributed by atoms with E-state index < -0.39 is 5.60 Å². The van der Waals surface area contributed by atoms with Gasteiger partial charge in [-0.2, -0.15) is 0 Å². The molecule has 0 bridgehead atoms. The zero-order chi connectivity index (χ0) is 22.1. The van der Waals surface area contributed by atoms with Crippen LogP contribution in [-0.2, 0) is 16.8 Å². The lowest BCUT2D eigenvalue weighted by Crippen LogP contribution is -2.45. The fraction of sp³-hybridized carbons (Fsp3) is 0.500. The average molecular weight is 554 g/mol. The molecule has 2 aromatic rings. The molecule has 1 aliphatic rings. The molecule has 0 spiro atoms. The van der Waals surface area contributed by atoms with Crippen LogP contribution in [0.25, 0.3) is 0 Å². The van der Waals surface area contributed by atoms with Crippen LogP contribution in [-0.4, -0.2) is 54.6 Å². The van der Waals surface area contributed by atoms with Gasteiger partial charge in [0.05, 0.1) is 12.8 Å².